The van der Waals surface area contributed by atoms with E-state index in [4.69, 9.17) is 0 Å². The van der Waals surface area contributed by atoms with Crippen LogP contribution >= 0.6 is 45.3 Å². The normalized spacial score (nSPS) is 16.1. The van der Waals surface area contributed by atoms with Crippen molar-refractivity contribution in [3.8, 4) is 51.5 Å². The Labute approximate surface area is 497 Å². The molecule has 0 amide bonds. The molecule has 6 aromatic rings. The molecule has 0 unspecified atom stereocenters. The van der Waals surface area contributed by atoms with Crippen LogP contribution in [0.15, 0.2) is 132 Å². The van der Waals surface area contributed by atoms with Crippen molar-refractivity contribution in [3.05, 3.63) is 141 Å². The minimum Gasteiger partial charge on any atom is -0.372 e. The summed E-state index contributed by atoms with van der Waals surface area (Å²) in [6.45, 7) is 39.8. The van der Waals surface area contributed by atoms with E-state index < -0.39 is 32.5 Å². The molecule has 0 atom stereocenters. The molecule has 8 heteroatoms. The topological polar surface area (TPSA) is 40.6 Å². The number of benzene rings is 2. The molecule has 4 nitrogen and oxygen atoms in total. The van der Waals surface area contributed by atoms with Gasteiger partial charge in [-0.3, -0.25) is 9.59 Å². The highest BCUT2D eigenvalue weighted by molar-refractivity contribution is 7.25. The van der Waals surface area contributed by atoms with E-state index in [0.717, 1.165) is 48.5 Å². The lowest BCUT2D eigenvalue weighted by atomic mass is 9.49. The van der Waals surface area contributed by atoms with Gasteiger partial charge in [-0.15, -0.1) is 45.3 Å². The average molecular weight is 1140 g/mol. The van der Waals surface area contributed by atoms with Gasteiger partial charge < -0.3 is 9.80 Å². The monoisotopic (exact) mass is 1140 g/mol. The molecule has 80 heavy (non-hydrogen) atoms. The van der Waals surface area contributed by atoms with E-state index in [1.54, 1.807) is 0 Å². The summed E-state index contributed by atoms with van der Waals surface area (Å²) in [7, 11) is 0. The molecule has 0 saturated heterocycles. The molecule has 4 heterocycles. The zero-order valence-corrected chi connectivity index (χ0v) is 54.5. The van der Waals surface area contributed by atoms with Crippen LogP contribution in [0.1, 0.15) is 172 Å². The zero-order valence-electron chi connectivity index (χ0n) is 51.2. The third-order valence-electron chi connectivity index (χ3n) is 16.7. The third-order valence-corrected chi connectivity index (χ3v) is 22.0. The fourth-order valence-corrected chi connectivity index (χ4v) is 16.9. The van der Waals surface area contributed by atoms with Gasteiger partial charge in [0.15, 0.2) is 11.6 Å². The number of unbranched alkanes of at least 4 members (excludes halogenated alkanes) is 4. The Bertz CT molecular complexity index is 3040. The van der Waals surface area contributed by atoms with E-state index in [0.29, 0.717) is 0 Å². The van der Waals surface area contributed by atoms with Crippen molar-refractivity contribution < 1.29 is 9.59 Å². The number of nitrogens with zero attached hydrogens (tertiary/aromatic N) is 2. The molecule has 0 fully saturated rings. The predicted molar refractivity (Wildman–Crippen MR) is 353 cm³/mol. The Kier molecular flexibility index (Phi) is 17.2. The fraction of sp³-hybridized carbons (Fsp3) is 0.472. The van der Waals surface area contributed by atoms with E-state index in [9.17, 15) is 0 Å². The number of hydrogen-bond acceptors (Lipinski definition) is 8. The maximum atomic E-state index is 15.3. The SMILES string of the molecule is CCCCN(CCCC)c1ccc(-c2ccc(-c3cc4c(s3)C3(C=C(C(C)(C)C)C(=O)C(C(C)(C)C)=C3)C3(C=C(C(C)(C)C)C(=O)C(C(C)(C)C)=C3)c3sc(-c5ccc(-c6ccc(N(CCCC)CCCC)cc6)s5)cc3-4)s2)cc1. The molecule has 0 N–H and O–H groups in total. The van der Waals surface area contributed by atoms with E-state index >= 15 is 9.59 Å². The molecule has 3 aliphatic carbocycles. The van der Waals surface area contributed by atoms with Crippen LogP contribution in [0.2, 0.25) is 0 Å². The summed E-state index contributed by atoms with van der Waals surface area (Å²) >= 11 is 7.49. The highest BCUT2D eigenvalue weighted by Gasteiger charge is 2.61. The number of ketones is 2. The third kappa shape index (κ3) is 11.5. The average Bonchev–Trinajstić information content (AvgIpc) is 2.62. The van der Waals surface area contributed by atoms with Crippen LogP contribution in [0.5, 0.6) is 0 Å². The number of thiophene rings is 4. The Hall–Kier alpha value is -4.86. The van der Waals surface area contributed by atoms with Gasteiger partial charge >= 0.3 is 0 Å². The van der Waals surface area contributed by atoms with Crippen LogP contribution in [0.4, 0.5) is 11.4 Å². The lowest BCUT2D eigenvalue weighted by Crippen LogP contribution is -2.52. The molecule has 3 aliphatic rings. The van der Waals surface area contributed by atoms with Gasteiger partial charge in [-0.25, -0.2) is 0 Å². The van der Waals surface area contributed by atoms with Crippen LogP contribution in [0, 0.1) is 21.7 Å². The lowest BCUT2D eigenvalue weighted by Gasteiger charge is -2.53. The predicted octanol–water partition coefficient (Wildman–Crippen LogP) is 21.6. The Balaban J connectivity index is 1.28. The summed E-state index contributed by atoms with van der Waals surface area (Å²) in [5, 5.41) is 0. The lowest BCUT2D eigenvalue weighted by molar-refractivity contribution is -0.115. The maximum Gasteiger partial charge on any atom is 0.185 e. The van der Waals surface area contributed by atoms with Crippen molar-refractivity contribution >= 4 is 68.3 Å². The number of fused-ring (bicyclic) bond motifs is 6. The zero-order chi connectivity index (χ0) is 57.7. The first-order valence-corrected chi connectivity index (χ1v) is 33.3. The van der Waals surface area contributed by atoms with Gasteiger partial charge in [-0.05, 0) is 130 Å². The van der Waals surface area contributed by atoms with Crippen molar-refractivity contribution in [1.82, 2.24) is 0 Å². The first-order valence-electron chi connectivity index (χ1n) is 30.0. The second-order valence-corrected chi connectivity index (χ2v) is 31.4. The van der Waals surface area contributed by atoms with Crippen molar-refractivity contribution in [1.29, 1.82) is 0 Å². The summed E-state index contributed by atoms with van der Waals surface area (Å²) in [5.41, 5.74) is 7.22. The number of anilines is 2. The summed E-state index contributed by atoms with van der Waals surface area (Å²) in [4.78, 5) is 45.6. The van der Waals surface area contributed by atoms with Gasteiger partial charge in [0.2, 0.25) is 0 Å². The molecule has 424 valence electrons. The van der Waals surface area contributed by atoms with Gasteiger partial charge in [-0.1, -0.05) is 185 Å². The van der Waals surface area contributed by atoms with Crippen LogP contribution in [-0.4, -0.2) is 37.7 Å². The summed E-state index contributed by atoms with van der Waals surface area (Å²) < 4.78 is 0. The number of Topliss-reactive ketones (excluding diaryl/α,β-unsaturated/α-hetero) is 2. The smallest absolute Gasteiger partial charge is 0.185 e. The molecule has 0 bridgehead atoms. The first-order chi connectivity index (χ1) is 37.8. The van der Waals surface area contributed by atoms with Crippen molar-refractivity contribution in [3.63, 3.8) is 0 Å². The Morgan fingerprint density at radius 2 is 0.637 bits per heavy atom. The van der Waals surface area contributed by atoms with Crippen molar-refractivity contribution in [2.24, 2.45) is 21.7 Å². The molecule has 0 aliphatic heterocycles. The molecule has 2 spiro atoms. The van der Waals surface area contributed by atoms with Gasteiger partial charge in [0.05, 0.1) is 10.8 Å². The maximum absolute atomic E-state index is 15.3. The number of hydrogen-bond donors (Lipinski definition) is 0. The standard InChI is InChI=1S/C72H90N2O2S4/c1-17-21-37-73(38-22-18-2)49-29-25-47(26-30-49)57-33-35-59(77-57)61-41-51-52-42-62(60-36-34-58(78-60)48-27-31-50(32-28-48)74(39-23-19-3)40-24-20-4)80-66(52)72(45-55(69(11,12)13)64(76)56(46-72)70(14,15)16)71(65(51)79-61)43-53(67(5,6)7)63(75)54(44-71)68(8,9)10/h25-36,41-46H,17-24,37-40H2,1-16H3. The minimum atomic E-state index is -0.866. The molecule has 0 saturated carbocycles. The Morgan fingerprint density at radius 3 is 0.900 bits per heavy atom. The number of allylic oxidation sites excluding steroid dienone is 8. The molecule has 9 rings (SSSR count). The van der Waals surface area contributed by atoms with E-state index in [-0.39, 0.29) is 11.6 Å². The van der Waals surface area contributed by atoms with Crippen LogP contribution < -0.4 is 9.80 Å². The summed E-state index contributed by atoms with van der Waals surface area (Å²) in [6, 6.07) is 32.7. The highest BCUT2D eigenvalue weighted by atomic mass is 32.1. The largest absolute Gasteiger partial charge is 0.372 e. The minimum absolute atomic E-state index is 0.121. The molecular formula is C72H90N2O2S4. The van der Waals surface area contributed by atoms with E-state index in [2.05, 4.69) is 230 Å². The second-order valence-electron chi connectivity index (χ2n) is 27.1. The van der Waals surface area contributed by atoms with Crippen molar-refractivity contribution in [2.75, 3.05) is 36.0 Å². The van der Waals surface area contributed by atoms with Gasteiger partial charge in [0, 0.05) is 98.9 Å². The second kappa shape index (κ2) is 23.1. The van der Waals surface area contributed by atoms with Gasteiger partial charge in [0.1, 0.15) is 0 Å². The number of carbonyl (C=O) groups excluding carboxylic acids is 2. The van der Waals surface area contributed by atoms with Crippen LogP contribution in [0.25, 0.3) is 51.5 Å². The van der Waals surface area contributed by atoms with Crippen LogP contribution in [0.3, 0.4) is 0 Å². The van der Waals surface area contributed by atoms with Crippen LogP contribution in [-0.2, 0) is 20.4 Å². The van der Waals surface area contributed by atoms with Crippen molar-refractivity contribution in [2.45, 2.75) is 173 Å². The highest BCUT2D eigenvalue weighted by Crippen LogP contribution is 2.68. The van der Waals surface area contributed by atoms with Gasteiger partial charge in [-0.2, -0.15) is 0 Å². The quantitative estimate of drug-likeness (QED) is 0.0860. The molecule has 0 radical (unpaired) electrons. The fourth-order valence-electron chi connectivity index (χ4n) is 12.0. The molecular weight excluding hydrogens is 1050 g/mol. The van der Waals surface area contributed by atoms with E-state index in [1.807, 2.05) is 45.3 Å². The summed E-state index contributed by atoms with van der Waals surface area (Å²) in [6.07, 6.45) is 19.1. The summed E-state index contributed by atoms with van der Waals surface area (Å²) in [5.74, 6) is 0.241. The number of rotatable bonds is 18. The first kappa shape index (κ1) is 59.8. The Morgan fingerprint density at radius 1 is 0.362 bits per heavy atom. The molecule has 4 aromatic heterocycles. The number of carbonyl (C=O) groups is 2. The molecule has 2 aromatic carbocycles. The van der Waals surface area contributed by atoms with E-state index in [1.165, 1.54) is 124 Å². The van der Waals surface area contributed by atoms with Gasteiger partial charge in [0.25, 0.3) is 0 Å².